The highest BCUT2D eigenvalue weighted by atomic mass is 16.2. The van der Waals surface area contributed by atoms with Gasteiger partial charge in [-0.25, -0.2) is 4.79 Å². The third-order valence-corrected chi connectivity index (χ3v) is 6.62. The number of nitrogens with zero attached hydrogens (tertiary/aromatic N) is 3. The van der Waals surface area contributed by atoms with Crippen molar-refractivity contribution < 1.29 is 9.59 Å². The molecule has 0 aromatic carbocycles. The van der Waals surface area contributed by atoms with Crippen LogP contribution in [0.25, 0.3) is 0 Å². The number of piperidine rings is 2. The van der Waals surface area contributed by atoms with E-state index in [9.17, 15) is 9.59 Å². The van der Waals surface area contributed by atoms with Crippen LogP contribution in [0.3, 0.4) is 0 Å². The zero-order valence-corrected chi connectivity index (χ0v) is 16.0. The quantitative estimate of drug-likeness (QED) is 0.831. The van der Waals surface area contributed by atoms with E-state index < -0.39 is 0 Å². The third-order valence-electron chi connectivity index (χ3n) is 6.62. The van der Waals surface area contributed by atoms with Crippen LogP contribution in [0.1, 0.15) is 51.4 Å². The number of likely N-dealkylation sites (tertiary alicyclic amines) is 3. The molecule has 146 valence electrons. The fraction of sp³-hybridized carbons (Fsp3) is 0.900. The Hall–Kier alpha value is -1.30. The standard InChI is InChI=1S/C20H34N4O2/c25-19(22-12-7-18(8-13-22)21-14-16-5-6-16)17-4-3-11-24(15-17)20(26)23-9-1-2-10-23/h16-18,21H,1-15H2. The summed E-state index contributed by atoms with van der Waals surface area (Å²) in [7, 11) is 0. The molecule has 3 aliphatic heterocycles. The summed E-state index contributed by atoms with van der Waals surface area (Å²) in [6.45, 7) is 6.11. The Kier molecular flexibility index (Phi) is 5.67. The molecule has 6 nitrogen and oxygen atoms in total. The van der Waals surface area contributed by atoms with E-state index in [1.54, 1.807) is 0 Å². The summed E-state index contributed by atoms with van der Waals surface area (Å²) in [5, 5.41) is 3.68. The molecule has 0 spiro atoms. The van der Waals surface area contributed by atoms with Crippen LogP contribution >= 0.6 is 0 Å². The van der Waals surface area contributed by atoms with Gasteiger partial charge in [0.05, 0.1) is 5.92 Å². The van der Waals surface area contributed by atoms with Crippen LogP contribution in [0, 0.1) is 11.8 Å². The van der Waals surface area contributed by atoms with Crippen molar-refractivity contribution in [2.24, 2.45) is 11.8 Å². The molecule has 3 amide bonds. The third kappa shape index (κ3) is 4.33. The Labute approximate surface area is 157 Å². The van der Waals surface area contributed by atoms with Gasteiger partial charge < -0.3 is 20.0 Å². The maximum absolute atomic E-state index is 13.0. The minimum absolute atomic E-state index is 0.00581. The maximum Gasteiger partial charge on any atom is 0.320 e. The normalized spacial score (nSPS) is 27.8. The van der Waals surface area contributed by atoms with Crippen LogP contribution in [0.5, 0.6) is 0 Å². The SMILES string of the molecule is O=C(C1CCCN(C(=O)N2CCCC2)C1)N1CCC(NCC2CC2)CC1. The fourth-order valence-electron chi connectivity index (χ4n) is 4.68. The number of hydrogen-bond donors (Lipinski definition) is 1. The second-order valence-corrected chi connectivity index (χ2v) is 8.71. The number of hydrogen-bond acceptors (Lipinski definition) is 3. The van der Waals surface area contributed by atoms with Crippen LogP contribution in [0.2, 0.25) is 0 Å². The molecule has 4 rings (SSSR count). The Morgan fingerprint density at radius 2 is 1.46 bits per heavy atom. The molecule has 1 N–H and O–H groups in total. The monoisotopic (exact) mass is 362 g/mol. The van der Waals surface area contributed by atoms with Crippen molar-refractivity contribution in [2.45, 2.75) is 57.4 Å². The van der Waals surface area contributed by atoms with E-state index in [4.69, 9.17) is 0 Å². The first-order valence-electron chi connectivity index (χ1n) is 10.8. The van der Waals surface area contributed by atoms with Gasteiger partial charge in [-0.15, -0.1) is 0 Å². The van der Waals surface area contributed by atoms with Crippen molar-refractivity contribution in [3.05, 3.63) is 0 Å². The van der Waals surface area contributed by atoms with Gasteiger partial charge in [0, 0.05) is 45.3 Å². The summed E-state index contributed by atoms with van der Waals surface area (Å²) in [6, 6.07) is 0.738. The van der Waals surface area contributed by atoms with Gasteiger partial charge in [-0.05, 0) is 63.8 Å². The molecule has 3 heterocycles. The van der Waals surface area contributed by atoms with Gasteiger partial charge in [0.25, 0.3) is 0 Å². The van der Waals surface area contributed by atoms with Gasteiger partial charge in [0.2, 0.25) is 5.91 Å². The molecule has 0 radical (unpaired) electrons. The van der Waals surface area contributed by atoms with Gasteiger partial charge in [-0.3, -0.25) is 4.79 Å². The molecule has 4 aliphatic rings. The van der Waals surface area contributed by atoms with Gasteiger partial charge in [-0.1, -0.05) is 0 Å². The molecule has 6 heteroatoms. The maximum atomic E-state index is 13.0. The van der Waals surface area contributed by atoms with Crippen LogP contribution in [-0.2, 0) is 4.79 Å². The lowest BCUT2D eigenvalue weighted by Gasteiger charge is -2.39. The Morgan fingerprint density at radius 3 is 2.15 bits per heavy atom. The number of urea groups is 1. The molecular formula is C20H34N4O2. The first-order chi connectivity index (χ1) is 12.7. The molecule has 1 saturated carbocycles. The summed E-state index contributed by atoms with van der Waals surface area (Å²) >= 11 is 0. The minimum atomic E-state index is 0.00581. The van der Waals surface area contributed by atoms with Gasteiger partial charge in [-0.2, -0.15) is 0 Å². The summed E-state index contributed by atoms with van der Waals surface area (Å²) < 4.78 is 0. The molecule has 0 aromatic rings. The first-order valence-corrected chi connectivity index (χ1v) is 10.8. The van der Waals surface area contributed by atoms with Crippen molar-refractivity contribution in [3.63, 3.8) is 0 Å². The van der Waals surface area contributed by atoms with E-state index in [-0.39, 0.29) is 17.9 Å². The second-order valence-electron chi connectivity index (χ2n) is 8.71. The predicted octanol–water partition coefficient (Wildman–Crippen LogP) is 1.90. The number of carbonyl (C=O) groups is 2. The summed E-state index contributed by atoms with van der Waals surface area (Å²) in [4.78, 5) is 31.6. The van der Waals surface area contributed by atoms with E-state index in [2.05, 4.69) is 10.2 Å². The lowest BCUT2D eigenvalue weighted by atomic mass is 9.95. The molecule has 0 aromatic heterocycles. The van der Waals surface area contributed by atoms with E-state index in [0.29, 0.717) is 12.6 Å². The van der Waals surface area contributed by atoms with Crippen molar-refractivity contribution in [2.75, 3.05) is 45.8 Å². The topological polar surface area (TPSA) is 55.9 Å². The Bertz CT molecular complexity index is 508. The molecule has 3 saturated heterocycles. The van der Waals surface area contributed by atoms with Crippen molar-refractivity contribution in [1.82, 2.24) is 20.0 Å². The smallest absolute Gasteiger partial charge is 0.320 e. The summed E-state index contributed by atoms with van der Waals surface area (Å²) in [6.07, 6.45) is 9.04. The molecular weight excluding hydrogens is 328 g/mol. The van der Waals surface area contributed by atoms with Crippen LogP contribution in [0.4, 0.5) is 4.79 Å². The van der Waals surface area contributed by atoms with E-state index in [0.717, 1.165) is 83.7 Å². The average molecular weight is 363 g/mol. The lowest BCUT2D eigenvalue weighted by molar-refractivity contribution is -0.138. The largest absolute Gasteiger partial charge is 0.342 e. The first kappa shape index (κ1) is 18.1. The molecule has 26 heavy (non-hydrogen) atoms. The van der Waals surface area contributed by atoms with Crippen LogP contribution in [-0.4, -0.2) is 78.5 Å². The van der Waals surface area contributed by atoms with E-state index >= 15 is 0 Å². The Balaban J connectivity index is 1.24. The van der Waals surface area contributed by atoms with E-state index in [1.807, 2.05) is 9.80 Å². The zero-order valence-electron chi connectivity index (χ0n) is 16.0. The van der Waals surface area contributed by atoms with Crippen molar-refractivity contribution >= 4 is 11.9 Å². The number of carbonyl (C=O) groups excluding carboxylic acids is 2. The molecule has 0 bridgehead atoms. The average Bonchev–Trinajstić information content (AvgIpc) is 3.36. The molecule has 4 fully saturated rings. The van der Waals surface area contributed by atoms with Crippen LogP contribution in [0.15, 0.2) is 0 Å². The van der Waals surface area contributed by atoms with Crippen LogP contribution < -0.4 is 5.32 Å². The number of nitrogens with one attached hydrogen (secondary N) is 1. The summed E-state index contributed by atoms with van der Waals surface area (Å²) in [5.74, 6) is 1.20. The van der Waals surface area contributed by atoms with Crippen molar-refractivity contribution in [1.29, 1.82) is 0 Å². The predicted molar refractivity (Wildman–Crippen MR) is 101 cm³/mol. The molecule has 1 atom stereocenters. The lowest BCUT2D eigenvalue weighted by Crippen LogP contribution is -2.52. The molecule has 1 aliphatic carbocycles. The molecule has 1 unspecified atom stereocenters. The van der Waals surface area contributed by atoms with Gasteiger partial charge in [0.15, 0.2) is 0 Å². The fourth-order valence-corrected chi connectivity index (χ4v) is 4.68. The minimum Gasteiger partial charge on any atom is -0.342 e. The van der Waals surface area contributed by atoms with Crippen molar-refractivity contribution in [3.8, 4) is 0 Å². The second kappa shape index (κ2) is 8.15. The zero-order chi connectivity index (χ0) is 17.9. The number of amides is 3. The Morgan fingerprint density at radius 1 is 0.769 bits per heavy atom. The van der Waals surface area contributed by atoms with E-state index in [1.165, 1.54) is 12.8 Å². The highest BCUT2D eigenvalue weighted by molar-refractivity contribution is 5.81. The highest BCUT2D eigenvalue weighted by Gasteiger charge is 2.34. The van der Waals surface area contributed by atoms with Gasteiger partial charge in [0.1, 0.15) is 0 Å². The number of rotatable bonds is 4. The summed E-state index contributed by atoms with van der Waals surface area (Å²) in [5.41, 5.74) is 0. The highest BCUT2D eigenvalue weighted by Crippen LogP contribution is 2.28. The van der Waals surface area contributed by atoms with Gasteiger partial charge >= 0.3 is 6.03 Å².